The third kappa shape index (κ3) is 3.28. The smallest absolute Gasteiger partial charge is 0.287 e. The number of imidazole rings is 1. The minimum absolute atomic E-state index is 0.0337. The Labute approximate surface area is 153 Å². The third-order valence-electron chi connectivity index (χ3n) is 4.12. The molecule has 0 aliphatic rings. The number of benzene rings is 2. The van der Waals surface area contributed by atoms with E-state index in [1.54, 1.807) is 18.2 Å². The zero-order chi connectivity index (χ0) is 18.8. The fourth-order valence-corrected chi connectivity index (χ4v) is 2.83. The molecule has 4 aromatic rings. The van der Waals surface area contributed by atoms with Crippen molar-refractivity contribution in [3.8, 4) is 0 Å². The number of rotatable bonds is 5. The summed E-state index contributed by atoms with van der Waals surface area (Å²) in [4.78, 5) is 30.6. The van der Waals surface area contributed by atoms with Gasteiger partial charge < -0.3 is 14.7 Å². The van der Waals surface area contributed by atoms with Crippen molar-refractivity contribution >= 4 is 22.6 Å². The van der Waals surface area contributed by atoms with Crippen molar-refractivity contribution in [2.75, 3.05) is 0 Å². The Hall–Kier alpha value is -3.94. The van der Waals surface area contributed by atoms with Crippen LogP contribution in [0.3, 0.4) is 0 Å². The number of H-pyrrole nitrogens is 1. The second-order valence-electron chi connectivity index (χ2n) is 5.88. The molecule has 0 aliphatic carbocycles. The number of fused-ring (bicyclic) bond motifs is 1. The fraction of sp³-hybridized carbons (Fsp3) is 0.0526. The Bertz CT molecular complexity index is 1100. The average Bonchev–Trinajstić information content (AvgIpc) is 3.35. The Morgan fingerprint density at radius 1 is 1.15 bits per heavy atom. The average molecular weight is 362 g/mol. The lowest BCUT2D eigenvalue weighted by Gasteiger charge is -2.16. The van der Waals surface area contributed by atoms with Gasteiger partial charge in [0.25, 0.3) is 11.6 Å². The Balaban J connectivity index is 1.75. The maximum atomic E-state index is 12.5. The molecule has 27 heavy (non-hydrogen) atoms. The van der Waals surface area contributed by atoms with Gasteiger partial charge in [-0.15, -0.1) is 0 Å². The highest BCUT2D eigenvalue weighted by atomic mass is 16.6. The minimum Gasteiger partial charge on any atom is -0.459 e. The zero-order valence-electron chi connectivity index (χ0n) is 14.0. The second-order valence-corrected chi connectivity index (χ2v) is 5.88. The van der Waals surface area contributed by atoms with Gasteiger partial charge >= 0.3 is 0 Å². The van der Waals surface area contributed by atoms with Crippen LogP contribution in [0.1, 0.15) is 28.0 Å². The standard InChI is InChI=1S/C19H14N4O4/c24-19(16-7-4-10-27-16)22-17(12-5-2-1-3-6-12)18-20-14-9-8-13(23(25)26)11-15(14)21-18/h1-11,17H,(H,20,21)(H,22,24). The number of aromatic amines is 1. The van der Waals surface area contributed by atoms with Crippen LogP contribution in [0.4, 0.5) is 5.69 Å². The highest BCUT2D eigenvalue weighted by molar-refractivity contribution is 5.92. The number of nitrogens with zero attached hydrogens (tertiary/aromatic N) is 2. The van der Waals surface area contributed by atoms with Crippen molar-refractivity contribution in [2.24, 2.45) is 0 Å². The molecule has 2 aromatic carbocycles. The molecule has 1 amide bonds. The van der Waals surface area contributed by atoms with Crippen LogP contribution in [0.15, 0.2) is 71.3 Å². The molecule has 0 saturated carbocycles. The van der Waals surface area contributed by atoms with Crippen LogP contribution >= 0.6 is 0 Å². The first kappa shape index (κ1) is 16.5. The monoisotopic (exact) mass is 362 g/mol. The number of nitro groups is 1. The summed E-state index contributed by atoms with van der Waals surface area (Å²) in [5.41, 5.74) is 1.87. The van der Waals surface area contributed by atoms with Crippen LogP contribution in [0, 0.1) is 10.1 Å². The predicted octanol–water partition coefficient (Wildman–Crippen LogP) is 3.58. The normalized spacial score (nSPS) is 12.0. The highest BCUT2D eigenvalue weighted by Gasteiger charge is 2.22. The van der Waals surface area contributed by atoms with Gasteiger partial charge in [-0.3, -0.25) is 14.9 Å². The lowest BCUT2D eigenvalue weighted by molar-refractivity contribution is -0.384. The molecule has 1 unspecified atom stereocenters. The molecular formula is C19H14N4O4. The molecule has 2 N–H and O–H groups in total. The van der Waals surface area contributed by atoms with Crippen molar-refractivity contribution in [1.82, 2.24) is 15.3 Å². The van der Waals surface area contributed by atoms with E-state index in [1.807, 2.05) is 30.3 Å². The van der Waals surface area contributed by atoms with E-state index in [-0.39, 0.29) is 17.4 Å². The summed E-state index contributed by atoms with van der Waals surface area (Å²) < 4.78 is 5.15. The molecule has 8 nitrogen and oxygen atoms in total. The van der Waals surface area contributed by atoms with Crippen molar-refractivity contribution in [1.29, 1.82) is 0 Å². The SMILES string of the molecule is O=C(NC(c1ccccc1)c1nc2ccc([N+](=O)[O-])cc2[nH]1)c1ccco1. The van der Waals surface area contributed by atoms with Crippen molar-refractivity contribution < 1.29 is 14.1 Å². The summed E-state index contributed by atoms with van der Waals surface area (Å²) in [6, 6.07) is 16.3. The fourth-order valence-electron chi connectivity index (χ4n) is 2.83. The molecule has 0 saturated heterocycles. The molecule has 8 heteroatoms. The molecule has 2 aromatic heterocycles. The number of carbonyl (C=O) groups is 1. The van der Waals surface area contributed by atoms with E-state index in [1.165, 1.54) is 18.4 Å². The second kappa shape index (κ2) is 6.75. The van der Waals surface area contributed by atoms with E-state index < -0.39 is 11.0 Å². The summed E-state index contributed by atoms with van der Waals surface area (Å²) in [7, 11) is 0. The molecule has 1 atom stereocenters. The van der Waals surface area contributed by atoms with Gasteiger partial charge in [0, 0.05) is 12.1 Å². The number of nitro benzene ring substituents is 1. The van der Waals surface area contributed by atoms with Gasteiger partial charge in [0.2, 0.25) is 0 Å². The lowest BCUT2D eigenvalue weighted by Crippen LogP contribution is -2.29. The number of carbonyl (C=O) groups excluding carboxylic acids is 1. The zero-order valence-corrected chi connectivity index (χ0v) is 14.0. The van der Waals surface area contributed by atoms with Crippen molar-refractivity contribution in [2.45, 2.75) is 6.04 Å². The van der Waals surface area contributed by atoms with E-state index in [0.717, 1.165) is 5.56 Å². The highest BCUT2D eigenvalue weighted by Crippen LogP contribution is 2.25. The summed E-state index contributed by atoms with van der Waals surface area (Å²) in [5.74, 6) is 0.263. The van der Waals surface area contributed by atoms with Crippen LogP contribution < -0.4 is 5.32 Å². The molecule has 0 aliphatic heterocycles. The number of non-ortho nitro benzene ring substituents is 1. The number of furan rings is 1. The van der Waals surface area contributed by atoms with E-state index in [0.29, 0.717) is 16.9 Å². The Morgan fingerprint density at radius 2 is 1.96 bits per heavy atom. The molecule has 0 fully saturated rings. The van der Waals surface area contributed by atoms with Crippen LogP contribution in [0.25, 0.3) is 11.0 Å². The first-order valence-corrected chi connectivity index (χ1v) is 8.15. The topological polar surface area (TPSA) is 114 Å². The number of hydrogen-bond donors (Lipinski definition) is 2. The maximum absolute atomic E-state index is 12.5. The lowest BCUT2D eigenvalue weighted by atomic mass is 10.1. The number of amides is 1. The Morgan fingerprint density at radius 3 is 2.67 bits per heavy atom. The molecule has 0 radical (unpaired) electrons. The summed E-state index contributed by atoms with van der Waals surface area (Å²) >= 11 is 0. The van der Waals surface area contributed by atoms with Crippen LogP contribution in [0.5, 0.6) is 0 Å². The van der Waals surface area contributed by atoms with Gasteiger partial charge in [0.05, 0.1) is 22.2 Å². The molecule has 4 rings (SSSR count). The predicted molar refractivity (Wildman–Crippen MR) is 97.2 cm³/mol. The first-order valence-electron chi connectivity index (χ1n) is 8.15. The molecular weight excluding hydrogens is 348 g/mol. The van der Waals surface area contributed by atoms with Crippen molar-refractivity contribution in [3.63, 3.8) is 0 Å². The van der Waals surface area contributed by atoms with Gasteiger partial charge in [0.1, 0.15) is 11.9 Å². The van der Waals surface area contributed by atoms with Gasteiger partial charge in [-0.25, -0.2) is 4.98 Å². The number of nitrogens with one attached hydrogen (secondary N) is 2. The van der Waals surface area contributed by atoms with Crippen molar-refractivity contribution in [3.05, 3.63) is 94.2 Å². The summed E-state index contributed by atoms with van der Waals surface area (Å²) in [6.07, 6.45) is 1.42. The molecule has 134 valence electrons. The first-order chi connectivity index (χ1) is 13.1. The van der Waals surface area contributed by atoms with E-state index in [9.17, 15) is 14.9 Å². The van der Waals surface area contributed by atoms with Crippen LogP contribution in [-0.4, -0.2) is 20.8 Å². The summed E-state index contributed by atoms with van der Waals surface area (Å²) in [5, 5.41) is 13.9. The van der Waals surface area contributed by atoms with Gasteiger partial charge in [-0.2, -0.15) is 0 Å². The number of aromatic nitrogens is 2. The molecule has 2 heterocycles. The molecule has 0 spiro atoms. The van der Waals surface area contributed by atoms with E-state index in [4.69, 9.17) is 4.42 Å². The summed E-state index contributed by atoms with van der Waals surface area (Å²) in [6.45, 7) is 0. The van der Waals surface area contributed by atoms with Gasteiger partial charge in [0.15, 0.2) is 5.76 Å². The van der Waals surface area contributed by atoms with Gasteiger partial charge in [-0.1, -0.05) is 30.3 Å². The third-order valence-corrected chi connectivity index (χ3v) is 4.12. The van der Waals surface area contributed by atoms with Gasteiger partial charge in [-0.05, 0) is 23.8 Å². The quantitative estimate of drug-likeness (QED) is 0.416. The van der Waals surface area contributed by atoms with Crippen LogP contribution in [-0.2, 0) is 0 Å². The Kier molecular flexibility index (Phi) is 4.13. The minimum atomic E-state index is -0.574. The van der Waals surface area contributed by atoms with E-state index >= 15 is 0 Å². The number of hydrogen-bond acceptors (Lipinski definition) is 5. The largest absolute Gasteiger partial charge is 0.459 e. The van der Waals surface area contributed by atoms with Crippen LogP contribution in [0.2, 0.25) is 0 Å². The van der Waals surface area contributed by atoms with E-state index in [2.05, 4.69) is 15.3 Å². The maximum Gasteiger partial charge on any atom is 0.287 e. The molecule has 0 bridgehead atoms.